The number of rotatable bonds is 5. The average molecular weight is 282 g/mol. The van der Waals surface area contributed by atoms with E-state index in [2.05, 4.69) is 9.88 Å². The molecule has 1 aromatic carbocycles. The first-order chi connectivity index (χ1) is 9.01. The highest BCUT2D eigenvalue weighted by Gasteiger charge is 2.14. The molecule has 0 aliphatic rings. The van der Waals surface area contributed by atoms with Crippen molar-refractivity contribution in [2.24, 2.45) is 0 Å². The Morgan fingerprint density at radius 2 is 2.00 bits per heavy atom. The molecule has 1 aromatic heterocycles. The molecular formula is C12H14N2O4S. The van der Waals surface area contributed by atoms with Crippen LogP contribution in [-0.4, -0.2) is 18.7 Å². The normalized spacial score (nSPS) is 11.7. The number of aliphatic hydroxyl groups is 1. The number of aromatic nitrogens is 1. The third-order valence-corrected chi connectivity index (χ3v) is 3.95. The van der Waals surface area contributed by atoms with Gasteiger partial charge in [0.15, 0.2) is 5.76 Å². The molecule has 0 radical (unpaired) electrons. The van der Waals surface area contributed by atoms with Crippen LogP contribution < -0.4 is 4.72 Å². The Morgan fingerprint density at radius 1 is 1.32 bits per heavy atom. The van der Waals surface area contributed by atoms with Crippen molar-refractivity contribution >= 4 is 10.0 Å². The highest BCUT2D eigenvalue weighted by molar-refractivity contribution is 7.89. The van der Waals surface area contributed by atoms with Gasteiger partial charge < -0.3 is 9.63 Å². The molecule has 102 valence electrons. The smallest absolute Gasteiger partial charge is 0.240 e. The van der Waals surface area contributed by atoms with Crippen molar-refractivity contribution in [2.75, 3.05) is 0 Å². The molecule has 1 heterocycles. The van der Waals surface area contributed by atoms with Gasteiger partial charge in [-0.2, -0.15) is 0 Å². The Balaban J connectivity index is 2.09. The SMILES string of the molecule is Cc1cc(CNS(=O)(=O)c2ccc(CO)cc2)on1. The van der Waals surface area contributed by atoms with Gasteiger partial charge in [-0.15, -0.1) is 0 Å². The zero-order chi connectivity index (χ0) is 13.9. The second kappa shape index (κ2) is 5.52. The van der Waals surface area contributed by atoms with Crippen LogP contribution in [0.1, 0.15) is 17.0 Å². The molecule has 0 saturated heterocycles. The van der Waals surface area contributed by atoms with Crippen LogP contribution >= 0.6 is 0 Å². The number of aliphatic hydroxyl groups excluding tert-OH is 1. The van der Waals surface area contributed by atoms with Crippen molar-refractivity contribution < 1.29 is 18.0 Å². The summed E-state index contributed by atoms with van der Waals surface area (Å²) in [6.45, 7) is 1.69. The third-order valence-electron chi connectivity index (χ3n) is 2.53. The summed E-state index contributed by atoms with van der Waals surface area (Å²) >= 11 is 0. The van der Waals surface area contributed by atoms with Gasteiger partial charge >= 0.3 is 0 Å². The Labute approximate surface area is 111 Å². The number of hydrogen-bond acceptors (Lipinski definition) is 5. The van der Waals surface area contributed by atoms with E-state index in [0.717, 1.165) is 0 Å². The average Bonchev–Trinajstić information content (AvgIpc) is 2.82. The molecule has 0 fully saturated rings. The molecule has 2 rings (SSSR count). The van der Waals surface area contributed by atoms with Gasteiger partial charge in [-0.05, 0) is 24.6 Å². The van der Waals surface area contributed by atoms with E-state index in [1.807, 2.05) is 0 Å². The monoisotopic (exact) mass is 282 g/mol. The van der Waals surface area contributed by atoms with Crippen molar-refractivity contribution in [2.45, 2.75) is 25.0 Å². The number of sulfonamides is 1. The minimum Gasteiger partial charge on any atom is -0.392 e. The number of nitrogens with zero attached hydrogens (tertiary/aromatic N) is 1. The molecule has 6 nitrogen and oxygen atoms in total. The number of hydrogen-bond donors (Lipinski definition) is 2. The summed E-state index contributed by atoms with van der Waals surface area (Å²) < 4.78 is 31.3. The maximum Gasteiger partial charge on any atom is 0.240 e. The van der Waals surface area contributed by atoms with E-state index in [-0.39, 0.29) is 18.0 Å². The molecule has 2 aromatic rings. The predicted octanol–water partition coefficient (Wildman–Crippen LogP) is 0.954. The molecule has 0 amide bonds. The van der Waals surface area contributed by atoms with Crippen LogP contribution in [0, 0.1) is 6.92 Å². The third kappa shape index (κ3) is 3.40. The molecule has 0 bridgehead atoms. The summed E-state index contributed by atoms with van der Waals surface area (Å²) in [6.07, 6.45) is 0. The first kappa shape index (κ1) is 13.7. The van der Waals surface area contributed by atoms with Gasteiger partial charge in [0.1, 0.15) is 0 Å². The number of aryl methyl sites for hydroxylation is 1. The zero-order valence-electron chi connectivity index (χ0n) is 10.3. The fourth-order valence-electron chi connectivity index (χ4n) is 1.52. The molecule has 0 saturated carbocycles. The first-order valence-electron chi connectivity index (χ1n) is 5.63. The highest BCUT2D eigenvalue weighted by atomic mass is 32.2. The Hall–Kier alpha value is -1.70. The second-order valence-electron chi connectivity index (χ2n) is 4.06. The van der Waals surface area contributed by atoms with Crippen LogP contribution in [0.5, 0.6) is 0 Å². The van der Waals surface area contributed by atoms with E-state index in [0.29, 0.717) is 17.0 Å². The van der Waals surface area contributed by atoms with Gasteiger partial charge in [0.05, 0.1) is 23.7 Å². The highest BCUT2D eigenvalue weighted by Crippen LogP contribution is 2.11. The lowest BCUT2D eigenvalue weighted by Crippen LogP contribution is -2.23. The summed E-state index contributed by atoms with van der Waals surface area (Å²) in [5.74, 6) is 0.452. The van der Waals surface area contributed by atoms with Gasteiger partial charge in [0, 0.05) is 6.07 Å². The summed E-state index contributed by atoms with van der Waals surface area (Å²) in [4.78, 5) is 0.140. The van der Waals surface area contributed by atoms with Crippen LogP contribution in [0.4, 0.5) is 0 Å². The predicted molar refractivity (Wildman–Crippen MR) is 67.6 cm³/mol. The molecule has 0 spiro atoms. The van der Waals surface area contributed by atoms with Crippen LogP contribution in [0.3, 0.4) is 0 Å². The minimum atomic E-state index is -3.59. The minimum absolute atomic E-state index is 0.0466. The van der Waals surface area contributed by atoms with Crippen molar-refractivity contribution in [3.8, 4) is 0 Å². The lowest BCUT2D eigenvalue weighted by atomic mass is 10.2. The Morgan fingerprint density at radius 3 is 2.53 bits per heavy atom. The van der Waals surface area contributed by atoms with Crippen molar-refractivity contribution in [1.29, 1.82) is 0 Å². The van der Waals surface area contributed by atoms with Gasteiger partial charge in [-0.25, -0.2) is 13.1 Å². The summed E-state index contributed by atoms with van der Waals surface area (Å²) in [5.41, 5.74) is 1.35. The molecular weight excluding hydrogens is 268 g/mol. The second-order valence-corrected chi connectivity index (χ2v) is 5.83. The van der Waals surface area contributed by atoms with Crippen LogP contribution in [-0.2, 0) is 23.2 Å². The number of benzene rings is 1. The standard InChI is InChI=1S/C12H14N2O4S/c1-9-6-11(18-14-9)7-13-19(16,17)12-4-2-10(8-15)3-5-12/h2-6,13,15H,7-8H2,1H3. The molecule has 7 heteroatoms. The topological polar surface area (TPSA) is 92.4 Å². The summed E-state index contributed by atoms with van der Waals surface area (Å²) in [5, 5.41) is 12.6. The van der Waals surface area contributed by atoms with Gasteiger partial charge in [-0.1, -0.05) is 17.3 Å². The molecule has 0 unspecified atom stereocenters. The molecule has 0 atom stereocenters. The van der Waals surface area contributed by atoms with Crippen LogP contribution in [0.15, 0.2) is 39.8 Å². The lowest BCUT2D eigenvalue weighted by Gasteiger charge is -2.05. The zero-order valence-corrected chi connectivity index (χ0v) is 11.1. The van der Waals surface area contributed by atoms with Crippen molar-refractivity contribution in [3.05, 3.63) is 47.3 Å². The number of nitrogens with one attached hydrogen (secondary N) is 1. The Bertz CT molecular complexity index is 647. The fraction of sp³-hybridized carbons (Fsp3) is 0.250. The maximum absolute atomic E-state index is 12.0. The van der Waals surface area contributed by atoms with E-state index in [4.69, 9.17) is 9.63 Å². The molecule has 0 aliphatic heterocycles. The van der Waals surface area contributed by atoms with E-state index in [9.17, 15) is 8.42 Å². The molecule has 2 N–H and O–H groups in total. The maximum atomic E-state index is 12.0. The van der Waals surface area contributed by atoms with Gasteiger partial charge in [0.2, 0.25) is 10.0 Å². The summed E-state index contributed by atoms with van der Waals surface area (Å²) in [7, 11) is -3.59. The Kier molecular flexibility index (Phi) is 3.98. The molecule has 0 aliphatic carbocycles. The van der Waals surface area contributed by atoms with E-state index in [1.165, 1.54) is 12.1 Å². The van der Waals surface area contributed by atoms with E-state index in [1.54, 1.807) is 25.1 Å². The van der Waals surface area contributed by atoms with Crippen molar-refractivity contribution in [1.82, 2.24) is 9.88 Å². The lowest BCUT2D eigenvalue weighted by molar-refractivity contribution is 0.282. The van der Waals surface area contributed by atoms with Crippen molar-refractivity contribution in [3.63, 3.8) is 0 Å². The van der Waals surface area contributed by atoms with E-state index >= 15 is 0 Å². The van der Waals surface area contributed by atoms with Gasteiger partial charge in [0.25, 0.3) is 0 Å². The largest absolute Gasteiger partial charge is 0.392 e. The summed E-state index contributed by atoms with van der Waals surface area (Å²) in [6, 6.07) is 7.68. The quantitative estimate of drug-likeness (QED) is 0.852. The van der Waals surface area contributed by atoms with E-state index < -0.39 is 10.0 Å². The van der Waals surface area contributed by atoms with Gasteiger partial charge in [-0.3, -0.25) is 0 Å². The van der Waals surface area contributed by atoms with Crippen LogP contribution in [0.25, 0.3) is 0 Å². The van der Waals surface area contributed by atoms with Crippen LogP contribution in [0.2, 0.25) is 0 Å². The molecule has 19 heavy (non-hydrogen) atoms. The fourth-order valence-corrected chi connectivity index (χ4v) is 2.52. The first-order valence-corrected chi connectivity index (χ1v) is 7.11.